The maximum atomic E-state index is 12.0. The fraction of sp³-hybridized carbons (Fsp3) is 0.682. The van der Waals surface area contributed by atoms with Gasteiger partial charge in [0.15, 0.2) is 0 Å². The van der Waals surface area contributed by atoms with Crippen LogP contribution in [-0.2, 0) is 18.4 Å². The van der Waals surface area contributed by atoms with Crippen LogP contribution < -0.4 is 14.4 Å². The van der Waals surface area contributed by atoms with E-state index in [1.165, 1.54) is 0 Å². The third kappa shape index (κ3) is 14.4. The number of benzene rings is 1. The topological polar surface area (TPSA) is 114 Å². The first kappa shape index (κ1) is 28.4. The molecule has 0 saturated heterocycles. The third-order valence-corrected chi connectivity index (χ3v) is 5.60. The number of carboxylic acids is 1. The third-order valence-electron chi connectivity index (χ3n) is 4.55. The van der Waals surface area contributed by atoms with Gasteiger partial charge in [0, 0.05) is 0 Å². The van der Waals surface area contributed by atoms with Gasteiger partial charge >= 0.3 is 5.97 Å². The first-order chi connectivity index (χ1) is 15.0. The normalized spacial score (nSPS) is 14.5. The highest BCUT2D eigenvalue weighted by Gasteiger charge is 2.26. The quantitative estimate of drug-likeness (QED) is 0.195. The van der Waals surface area contributed by atoms with Gasteiger partial charge in [0.2, 0.25) is 0 Å². The molecule has 1 aromatic rings. The number of carbonyl (C=O) groups is 1. The molecular formula is C22H38NO8P. The molecule has 0 aliphatic heterocycles. The lowest BCUT2D eigenvalue weighted by atomic mass is 10.1. The molecule has 0 aromatic heterocycles. The summed E-state index contributed by atoms with van der Waals surface area (Å²) in [7, 11) is 2.58. The van der Waals surface area contributed by atoms with E-state index in [0.717, 1.165) is 43.6 Å². The summed E-state index contributed by atoms with van der Waals surface area (Å²) in [6.45, 7) is 0.923. The van der Waals surface area contributed by atoms with Crippen molar-refractivity contribution in [1.29, 1.82) is 0 Å². The van der Waals surface area contributed by atoms with E-state index in [-0.39, 0.29) is 13.2 Å². The molecule has 0 fully saturated rings. The molecule has 0 radical (unpaired) electrons. The second-order valence-corrected chi connectivity index (χ2v) is 10.1. The maximum Gasteiger partial charge on any atom is 0.306 e. The molecule has 0 heterocycles. The monoisotopic (exact) mass is 475 g/mol. The zero-order valence-corrected chi connectivity index (χ0v) is 20.6. The standard InChI is InChI=1S/C22H38NO8P/c1-23(2,3)18-21(17-22(24)25)31-32(26,27)30-16-10-8-6-5-7-9-15-29-20-13-11-19(28-4)12-14-20/h11-14,21H,5-10,15-18H2,1-4H3,(H-,24,25,26,27)/t21-/m1/s1. The van der Waals surface area contributed by atoms with E-state index in [2.05, 4.69) is 0 Å². The summed E-state index contributed by atoms with van der Waals surface area (Å²) < 4.78 is 33.1. The van der Waals surface area contributed by atoms with Crippen LogP contribution in [0.4, 0.5) is 0 Å². The van der Waals surface area contributed by atoms with Crippen LogP contribution in [0.25, 0.3) is 0 Å². The van der Waals surface area contributed by atoms with Crippen LogP contribution in [0.15, 0.2) is 24.3 Å². The van der Waals surface area contributed by atoms with Crippen molar-refractivity contribution in [3.8, 4) is 11.5 Å². The Morgan fingerprint density at radius 3 is 2.06 bits per heavy atom. The summed E-state index contributed by atoms with van der Waals surface area (Å²) in [5, 5.41) is 8.97. The van der Waals surface area contributed by atoms with Crippen molar-refractivity contribution in [2.45, 2.75) is 51.0 Å². The number of phosphoric acid groups is 1. The van der Waals surface area contributed by atoms with Gasteiger partial charge in [-0.25, -0.2) is 0 Å². The van der Waals surface area contributed by atoms with Gasteiger partial charge in [0.05, 0.1) is 47.9 Å². The zero-order chi connectivity index (χ0) is 24.0. The Morgan fingerprint density at radius 2 is 1.53 bits per heavy atom. The molecule has 10 heteroatoms. The maximum absolute atomic E-state index is 12.0. The predicted molar refractivity (Wildman–Crippen MR) is 120 cm³/mol. The van der Waals surface area contributed by atoms with Crippen LogP contribution in [0.3, 0.4) is 0 Å². The minimum absolute atomic E-state index is 0.0333. The van der Waals surface area contributed by atoms with E-state index in [0.29, 0.717) is 17.5 Å². The van der Waals surface area contributed by atoms with E-state index in [1.807, 2.05) is 45.4 Å². The molecule has 0 amide bonds. The van der Waals surface area contributed by atoms with E-state index >= 15 is 0 Å². The Hall–Kier alpha value is -1.64. The van der Waals surface area contributed by atoms with Crippen molar-refractivity contribution >= 4 is 13.8 Å². The van der Waals surface area contributed by atoms with Crippen LogP contribution in [0.5, 0.6) is 11.5 Å². The Bertz CT molecular complexity index is 705. The lowest BCUT2D eigenvalue weighted by Gasteiger charge is -2.32. The number of unbranched alkanes of at least 4 members (excludes halogenated alkanes) is 5. The number of carboxylic acid groups (broad SMARTS) is 1. The van der Waals surface area contributed by atoms with Gasteiger partial charge in [0.25, 0.3) is 7.82 Å². The van der Waals surface area contributed by atoms with Crippen molar-refractivity contribution < 1.29 is 42.4 Å². The predicted octanol–water partition coefficient (Wildman–Crippen LogP) is 3.47. The van der Waals surface area contributed by atoms with Crippen molar-refractivity contribution in [3.63, 3.8) is 0 Å². The number of methoxy groups -OCH3 is 1. The van der Waals surface area contributed by atoms with Gasteiger partial charge in [-0.05, 0) is 37.1 Å². The number of nitrogens with zero attached hydrogens (tertiary/aromatic N) is 1. The van der Waals surface area contributed by atoms with Crippen molar-refractivity contribution in [2.24, 2.45) is 0 Å². The molecule has 2 atom stereocenters. The zero-order valence-electron chi connectivity index (χ0n) is 19.7. The lowest BCUT2D eigenvalue weighted by Crippen LogP contribution is -2.43. The van der Waals surface area contributed by atoms with Crippen LogP contribution in [-0.4, -0.2) is 69.7 Å². The highest BCUT2D eigenvalue weighted by atomic mass is 31.2. The molecule has 184 valence electrons. The molecule has 1 N–H and O–H groups in total. The van der Waals surface area contributed by atoms with Crippen LogP contribution in [0, 0.1) is 0 Å². The van der Waals surface area contributed by atoms with Crippen LogP contribution >= 0.6 is 7.82 Å². The van der Waals surface area contributed by atoms with E-state index in [4.69, 9.17) is 23.6 Å². The fourth-order valence-corrected chi connectivity index (χ4v) is 4.02. The number of aliphatic carboxylic acids is 1. The highest BCUT2D eigenvalue weighted by molar-refractivity contribution is 7.45. The van der Waals surface area contributed by atoms with Crippen molar-refractivity contribution in [2.75, 3.05) is 48.0 Å². The molecule has 1 unspecified atom stereocenters. The number of phosphoric ester groups is 1. The van der Waals surface area contributed by atoms with Crippen LogP contribution in [0.2, 0.25) is 0 Å². The summed E-state index contributed by atoms with van der Waals surface area (Å²) >= 11 is 0. The molecule has 0 aliphatic rings. The number of quaternary nitrogens is 1. The van der Waals surface area contributed by atoms with Gasteiger partial charge in [0.1, 0.15) is 24.1 Å². The molecular weight excluding hydrogens is 437 g/mol. The summed E-state index contributed by atoms with van der Waals surface area (Å²) in [6.07, 6.45) is 4.06. The Labute approximate surface area is 191 Å². The summed E-state index contributed by atoms with van der Waals surface area (Å²) in [5.41, 5.74) is 0. The average molecular weight is 476 g/mol. The number of ether oxygens (including phenoxy) is 2. The molecule has 1 rings (SSSR count). The Kier molecular flexibility index (Phi) is 12.9. The Balaban J connectivity index is 2.12. The fourth-order valence-electron chi connectivity index (χ4n) is 3.10. The largest absolute Gasteiger partial charge is 0.756 e. The lowest BCUT2D eigenvalue weighted by molar-refractivity contribution is -0.873. The van der Waals surface area contributed by atoms with Crippen molar-refractivity contribution in [1.82, 2.24) is 0 Å². The number of hydrogen-bond acceptors (Lipinski definition) is 7. The summed E-state index contributed by atoms with van der Waals surface area (Å²) in [6, 6.07) is 7.48. The first-order valence-electron chi connectivity index (χ1n) is 10.9. The number of hydrogen-bond donors (Lipinski definition) is 1. The minimum atomic E-state index is -4.54. The molecule has 0 spiro atoms. The number of likely N-dealkylation sites (N-methyl/N-ethyl adjacent to an activating group) is 1. The molecule has 0 saturated carbocycles. The second-order valence-electron chi connectivity index (χ2n) is 8.72. The molecule has 0 aliphatic carbocycles. The van der Waals surface area contributed by atoms with Gasteiger partial charge in [-0.2, -0.15) is 0 Å². The first-order valence-corrected chi connectivity index (χ1v) is 12.4. The van der Waals surface area contributed by atoms with E-state index in [1.54, 1.807) is 7.11 Å². The molecule has 1 aromatic carbocycles. The van der Waals surface area contributed by atoms with Gasteiger partial charge in [-0.15, -0.1) is 0 Å². The van der Waals surface area contributed by atoms with E-state index in [9.17, 15) is 14.3 Å². The average Bonchev–Trinajstić information content (AvgIpc) is 2.67. The van der Waals surface area contributed by atoms with Crippen molar-refractivity contribution in [3.05, 3.63) is 24.3 Å². The van der Waals surface area contributed by atoms with E-state index < -0.39 is 26.3 Å². The van der Waals surface area contributed by atoms with Gasteiger partial charge in [-0.3, -0.25) is 9.36 Å². The van der Waals surface area contributed by atoms with Gasteiger partial charge < -0.3 is 33.0 Å². The molecule has 9 nitrogen and oxygen atoms in total. The summed E-state index contributed by atoms with van der Waals surface area (Å²) in [5.74, 6) is 0.502. The van der Waals surface area contributed by atoms with Crippen LogP contribution in [0.1, 0.15) is 44.9 Å². The Morgan fingerprint density at radius 1 is 1.00 bits per heavy atom. The SMILES string of the molecule is COc1ccc(OCCCCCCCCOP(=O)([O-])O[C@H](CC(=O)O)C[N+](C)(C)C)cc1. The molecule has 0 bridgehead atoms. The highest BCUT2D eigenvalue weighted by Crippen LogP contribution is 2.41. The minimum Gasteiger partial charge on any atom is -0.756 e. The van der Waals surface area contributed by atoms with Gasteiger partial charge in [-0.1, -0.05) is 25.7 Å². The number of rotatable bonds is 18. The molecule has 32 heavy (non-hydrogen) atoms. The smallest absolute Gasteiger partial charge is 0.306 e. The summed E-state index contributed by atoms with van der Waals surface area (Å²) in [4.78, 5) is 23.0. The second kappa shape index (κ2) is 14.5.